The smallest absolute Gasteiger partial charge is 0.216 e. The Kier molecular flexibility index (Phi) is 8.55. The van der Waals surface area contributed by atoms with E-state index in [4.69, 9.17) is 4.42 Å². The van der Waals surface area contributed by atoms with Crippen molar-refractivity contribution in [3.8, 4) is 11.6 Å². The Hall–Kier alpha value is -1.62. The van der Waals surface area contributed by atoms with Gasteiger partial charge in [-0.25, -0.2) is 4.98 Å². The summed E-state index contributed by atoms with van der Waals surface area (Å²) in [7, 11) is 1.83. The molecular weight excluding hydrogens is 457 g/mol. The number of H-pyrrole nitrogens is 1. The van der Waals surface area contributed by atoms with Crippen LogP contribution in [0.2, 0.25) is 0 Å². The van der Waals surface area contributed by atoms with Crippen molar-refractivity contribution in [3.63, 3.8) is 0 Å². The van der Waals surface area contributed by atoms with Gasteiger partial charge >= 0.3 is 0 Å². The second-order valence-corrected chi connectivity index (χ2v) is 6.57. The van der Waals surface area contributed by atoms with Crippen LogP contribution in [0.3, 0.4) is 0 Å². The molecule has 1 aliphatic rings. The number of nitrogens with one attached hydrogen (secondary N) is 2. The van der Waals surface area contributed by atoms with Crippen LogP contribution >= 0.6 is 24.0 Å². The third-order valence-corrected chi connectivity index (χ3v) is 4.90. The summed E-state index contributed by atoms with van der Waals surface area (Å²) in [6, 6.07) is 3.67. The Labute approximate surface area is 177 Å². The van der Waals surface area contributed by atoms with E-state index in [2.05, 4.69) is 49.1 Å². The van der Waals surface area contributed by atoms with Crippen LogP contribution in [0, 0.1) is 5.92 Å². The van der Waals surface area contributed by atoms with E-state index in [0.29, 0.717) is 24.0 Å². The predicted octanol–water partition coefficient (Wildman–Crippen LogP) is 2.42. The maximum Gasteiger partial charge on any atom is 0.216 e. The van der Waals surface area contributed by atoms with Gasteiger partial charge in [-0.1, -0.05) is 13.8 Å². The van der Waals surface area contributed by atoms with Gasteiger partial charge in [0.2, 0.25) is 5.82 Å². The van der Waals surface area contributed by atoms with Gasteiger partial charge in [0.15, 0.2) is 11.7 Å². The van der Waals surface area contributed by atoms with Crippen LogP contribution < -0.4 is 5.32 Å². The summed E-state index contributed by atoms with van der Waals surface area (Å²) in [5.74, 6) is 3.61. The van der Waals surface area contributed by atoms with Gasteiger partial charge in [0.25, 0.3) is 0 Å². The first-order chi connectivity index (χ1) is 12.7. The lowest BCUT2D eigenvalue weighted by atomic mass is 10.1. The van der Waals surface area contributed by atoms with Crippen LogP contribution in [0.4, 0.5) is 0 Å². The fraction of sp³-hybridized carbons (Fsp3) is 0.611. The van der Waals surface area contributed by atoms with Crippen LogP contribution in [0.5, 0.6) is 0 Å². The molecule has 0 amide bonds. The number of guanidine groups is 1. The lowest BCUT2D eigenvalue weighted by Crippen LogP contribution is -2.40. The molecule has 1 fully saturated rings. The number of nitrogens with zero attached hydrogens (tertiary/aromatic N) is 5. The average Bonchev–Trinajstić information content (AvgIpc) is 3.41. The van der Waals surface area contributed by atoms with Crippen LogP contribution in [-0.2, 0) is 6.54 Å². The van der Waals surface area contributed by atoms with E-state index in [9.17, 15) is 0 Å². The summed E-state index contributed by atoms with van der Waals surface area (Å²) in [5.41, 5.74) is 0. The van der Waals surface area contributed by atoms with Crippen molar-refractivity contribution in [1.29, 1.82) is 0 Å². The van der Waals surface area contributed by atoms with Crippen molar-refractivity contribution >= 4 is 29.9 Å². The number of aromatic nitrogens is 3. The standard InChI is InChI=1S/C18H29N7O.HI/c1-4-24(5-2)12-14-8-9-25(13-14)18(19-3)20-11-16-21-17(23-22-16)15-7-6-10-26-15;/h6-7,10,14H,4-5,8-9,11-13H2,1-3H3,(H,19,20)(H,21,22,23);1H. The van der Waals surface area contributed by atoms with E-state index in [0.717, 1.165) is 44.5 Å². The summed E-state index contributed by atoms with van der Waals surface area (Å²) >= 11 is 0. The molecular formula is C18H30IN7O. The molecule has 0 saturated carbocycles. The van der Waals surface area contributed by atoms with Crippen molar-refractivity contribution in [2.24, 2.45) is 10.9 Å². The molecule has 3 heterocycles. The van der Waals surface area contributed by atoms with E-state index >= 15 is 0 Å². The van der Waals surface area contributed by atoms with Crippen molar-refractivity contribution in [2.45, 2.75) is 26.8 Å². The summed E-state index contributed by atoms with van der Waals surface area (Å²) in [4.78, 5) is 13.7. The number of aromatic amines is 1. The van der Waals surface area contributed by atoms with Crippen molar-refractivity contribution in [2.75, 3.05) is 39.8 Å². The molecule has 1 saturated heterocycles. The highest BCUT2D eigenvalue weighted by molar-refractivity contribution is 14.0. The molecule has 0 aromatic carbocycles. The highest BCUT2D eigenvalue weighted by Crippen LogP contribution is 2.18. The van der Waals surface area contributed by atoms with Gasteiger partial charge in [-0.2, -0.15) is 0 Å². The number of rotatable bonds is 7. The van der Waals surface area contributed by atoms with E-state index in [-0.39, 0.29) is 24.0 Å². The second-order valence-electron chi connectivity index (χ2n) is 6.57. The van der Waals surface area contributed by atoms with E-state index in [1.165, 1.54) is 6.42 Å². The third-order valence-electron chi connectivity index (χ3n) is 4.90. The Morgan fingerprint density at radius 2 is 2.26 bits per heavy atom. The topological polar surface area (TPSA) is 85.6 Å². The monoisotopic (exact) mass is 487 g/mol. The molecule has 2 aromatic heterocycles. The molecule has 3 rings (SSSR count). The quantitative estimate of drug-likeness (QED) is 0.355. The number of aliphatic imine (C=N–C) groups is 1. The third kappa shape index (κ3) is 5.68. The molecule has 0 aliphatic carbocycles. The minimum absolute atomic E-state index is 0. The second kappa shape index (κ2) is 10.6. The number of hydrogen-bond acceptors (Lipinski definition) is 5. The zero-order valence-corrected chi connectivity index (χ0v) is 18.6. The van der Waals surface area contributed by atoms with Gasteiger partial charge in [-0.05, 0) is 37.6 Å². The van der Waals surface area contributed by atoms with Crippen LogP contribution in [-0.4, -0.2) is 70.7 Å². The Morgan fingerprint density at radius 3 is 2.93 bits per heavy atom. The van der Waals surface area contributed by atoms with E-state index in [1.54, 1.807) is 6.26 Å². The summed E-state index contributed by atoms with van der Waals surface area (Å²) in [6.07, 6.45) is 2.83. The van der Waals surface area contributed by atoms with Gasteiger partial charge in [-0.3, -0.25) is 10.1 Å². The van der Waals surface area contributed by atoms with Gasteiger partial charge in [0.05, 0.1) is 12.8 Å². The first-order valence-electron chi connectivity index (χ1n) is 9.36. The molecule has 2 aromatic rings. The Balaban J connectivity index is 0.00000261. The van der Waals surface area contributed by atoms with Gasteiger partial charge in [0.1, 0.15) is 5.82 Å². The number of hydrogen-bond donors (Lipinski definition) is 2. The molecule has 8 nitrogen and oxygen atoms in total. The Bertz CT molecular complexity index is 696. The largest absolute Gasteiger partial charge is 0.461 e. The van der Waals surface area contributed by atoms with Gasteiger partial charge in [0, 0.05) is 26.7 Å². The van der Waals surface area contributed by atoms with Crippen molar-refractivity contribution in [3.05, 3.63) is 24.2 Å². The first kappa shape index (κ1) is 21.7. The van der Waals surface area contributed by atoms with Crippen molar-refractivity contribution in [1.82, 2.24) is 30.3 Å². The highest BCUT2D eigenvalue weighted by atomic mass is 127. The number of likely N-dealkylation sites (tertiary alicyclic amines) is 1. The van der Waals surface area contributed by atoms with Crippen LogP contribution in [0.15, 0.2) is 27.8 Å². The SMILES string of the molecule is CCN(CC)CC1CCN(C(=NC)NCc2nc(-c3ccco3)n[nH]2)C1.I. The van der Waals surface area contributed by atoms with Gasteiger partial charge in [-0.15, -0.1) is 29.1 Å². The van der Waals surface area contributed by atoms with Crippen LogP contribution in [0.25, 0.3) is 11.6 Å². The zero-order valence-electron chi connectivity index (χ0n) is 16.3. The zero-order chi connectivity index (χ0) is 18.4. The van der Waals surface area contributed by atoms with Gasteiger partial charge < -0.3 is 19.5 Å². The minimum atomic E-state index is 0. The lowest BCUT2D eigenvalue weighted by Gasteiger charge is -2.24. The number of halogens is 1. The average molecular weight is 487 g/mol. The molecule has 0 bridgehead atoms. The molecule has 0 spiro atoms. The molecule has 27 heavy (non-hydrogen) atoms. The molecule has 0 radical (unpaired) electrons. The fourth-order valence-electron chi connectivity index (χ4n) is 3.41. The molecule has 1 aliphatic heterocycles. The van der Waals surface area contributed by atoms with E-state index in [1.807, 2.05) is 19.2 Å². The maximum absolute atomic E-state index is 5.32. The predicted molar refractivity (Wildman–Crippen MR) is 117 cm³/mol. The highest BCUT2D eigenvalue weighted by Gasteiger charge is 2.26. The maximum atomic E-state index is 5.32. The normalized spacial score (nSPS) is 17.4. The Morgan fingerprint density at radius 1 is 1.44 bits per heavy atom. The molecule has 1 atom stereocenters. The number of furan rings is 1. The summed E-state index contributed by atoms with van der Waals surface area (Å²) < 4.78 is 5.32. The molecule has 2 N–H and O–H groups in total. The summed E-state index contributed by atoms with van der Waals surface area (Å²) in [5, 5.41) is 10.5. The fourth-order valence-corrected chi connectivity index (χ4v) is 3.41. The molecule has 150 valence electrons. The summed E-state index contributed by atoms with van der Waals surface area (Å²) in [6.45, 7) is 10.5. The minimum Gasteiger partial charge on any atom is -0.461 e. The lowest BCUT2D eigenvalue weighted by molar-refractivity contribution is 0.255. The molecule has 9 heteroatoms. The van der Waals surface area contributed by atoms with Crippen LogP contribution in [0.1, 0.15) is 26.1 Å². The first-order valence-corrected chi connectivity index (χ1v) is 9.36. The van der Waals surface area contributed by atoms with E-state index < -0.39 is 0 Å². The van der Waals surface area contributed by atoms with Crippen molar-refractivity contribution < 1.29 is 4.42 Å². The molecule has 1 unspecified atom stereocenters.